The lowest BCUT2D eigenvalue weighted by Gasteiger charge is -2.27. The normalized spacial score (nSPS) is 17.3. The average Bonchev–Trinajstić information content (AvgIpc) is 2.38. The number of nitrogens with zero attached hydrogens (tertiary/aromatic N) is 1. The molecule has 0 aromatic heterocycles. The van der Waals surface area contributed by atoms with Gasteiger partial charge in [0.05, 0.1) is 20.3 Å². The van der Waals surface area contributed by atoms with Gasteiger partial charge >= 0.3 is 0 Å². The van der Waals surface area contributed by atoms with Crippen molar-refractivity contribution in [1.82, 2.24) is 9.84 Å². The Morgan fingerprint density at radius 1 is 1.37 bits per heavy atom. The summed E-state index contributed by atoms with van der Waals surface area (Å²) in [5.74, 6) is 0.223. The fourth-order valence-electron chi connectivity index (χ4n) is 1.78. The molecular formula is C11H17N3O4S. The van der Waals surface area contributed by atoms with Gasteiger partial charge < -0.3 is 15.2 Å². The number of nitrogens with two attached hydrogens (primary N) is 1. The van der Waals surface area contributed by atoms with Crippen LogP contribution in [0.25, 0.3) is 0 Å². The van der Waals surface area contributed by atoms with Crippen molar-refractivity contribution in [2.24, 2.45) is 0 Å². The first kappa shape index (κ1) is 14.1. The quantitative estimate of drug-likeness (QED) is 0.745. The van der Waals surface area contributed by atoms with Crippen molar-refractivity contribution in [3.05, 3.63) is 18.2 Å². The van der Waals surface area contributed by atoms with Crippen LogP contribution in [-0.4, -0.2) is 46.8 Å². The van der Waals surface area contributed by atoms with Gasteiger partial charge in [-0.3, -0.25) is 0 Å². The van der Waals surface area contributed by atoms with Crippen LogP contribution >= 0.6 is 0 Å². The fourth-order valence-corrected chi connectivity index (χ4v) is 3.06. The molecule has 1 aromatic rings. The number of methoxy groups -OCH3 is 1. The Bertz CT molecular complexity index is 541. The van der Waals surface area contributed by atoms with Crippen LogP contribution in [0, 0.1) is 0 Å². The zero-order valence-corrected chi connectivity index (χ0v) is 11.4. The highest BCUT2D eigenvalue weighted by Crippen LogP contribution is 2.25. The second kappa shape index (κ2) is 5.74. The predicted molar refractivity (Wildman–Crippen MR) is 70.1 cm³/mol. The summed E-state index contributed by atoms with van der Waals surface area (Å²) in [6.07, 6.45) is 0. The number of ether oxygens (including phenoxy) is 2. The molecule has 1 saturated heterocycles. The van der Waals surface area contributed by atoms with Crippen molar-refractivity contribution in [3.8, 4) is 5.75 Å². The Morgan fingerprint density at radius 3 is 2.68 bits per heavy atom. The standard InChI is InChI=1S/C11H17N3O4S/c1-17-10-8-9(12)2-3-11(10)19(15,16)13-14-4-6-18-7-5-14/h2-3,8,13H,4-7,12H2,1H3. The number of nitrogen functional groups attached to an aromatic ring is 1. The smallest absolute Gasteiger partial charge is 0.257 e. The summed E-state index contributed by atoms with van der Waals surface area (Å²) in [7, 11) is -2.27. The summed E-state index contributed by atoms with van der Waals surface area (Å²) in [5.41, 5.74) is 6.05. The zero-order valence-electron chi connectivity index (χ0n) is 10.6. The van der Waals surface area contributed by atoms with Gasteiger partial charge in [0.1, 0.15) is 10.6 Å². The lowest BCUT2D eigenvalue weighted by atomic mass is 10.3. The van der Waals surface area contributed by atoms with Crippen molar-refractivity contribution >= 4 is 15.7 Å². The van der Waals surface area contributed by atoms with E-state index in [4.69, 9.17) is 15.2 Å². The van der Waals surface area contributed by atoms with Gasteiger partial charge in [0.15, 0.2) is 0 Å². The van der Waals surface area contributed by atoms with Crippen LogP contribution in [-0.2, 0) is 14.8 Å². The first-order valence-electron chi connectivity index (χ1n) is 5.81. The van der Waals surface area contributed by atoms with Crippen LogP contribution in [0.1, 0.15) is 0 Å². The Hall–Kier alpha value is -1.35. The van der Waals surface area contributed by atoms with Crippen molar-refractivity contribution < 1.29 is 17.9 Å². The number of morpholine rings is 1. The molecule has 7 nitrogen and oxygen atoms in total. The number of sulfonamides is 1. The summed E-state index contributed by atoms with van der Waals surface area (Å²) >= 11 is 0. The molecule has 2 rings (SSSR count). The topological polar surface area (TPSA) is 93.9 Å². The van der Waals surface area contributed by atoms with E-state index in [9.17, 15) is 8.42 Å². The average molecular weight is 287 g/mol. The third kappa shape index (κ3) is 3.35. The molecule has 19 heavy (non-hydrogen) atoms. The molecule has 0 spiro atoms. The summed E-state index contributed by atoms with van der Waals surface area (Å²) in [6.45, 7) is 2.02. The lowest BCUT2D eigenvalue weighted by molar-refractivity contribution is 0.0272. The van der Waals surface area contributed by atoms with Crippen molar-refractivity contribution in [3.63, 3.8) is 0 Å². The second-order valence-electron chi connectivity index (χ2n) is 4.10. The van der Waals surface area contributed by atoms with Crippen molar-refractivity contribution in [1.29, 1.82) is 0 Å². The van der Waals surface area contributed by atoms with Gasteiger partial charge in [0.25, 0.3) is 10.0 Å². The SMILES string of the molecule is COc1cc(N)ccc1S(=O)(=O)NN1CCOCC1. The van der Waals surface area contributed by atoms with Gasteiger partial charge in [0, 0.05) is 24.8 Å². The van der Waals surface area contributed by atoms with E-state index in [2.05, 4.69) is 4.83 Å². The van der Waals surface area contributed by atoms with E-state index in [1.807, 2.05) is 0 Å². The third-order valence-electron chi connectivity index (χ3n) is 2.74. The molecule has 0 atom stereocenters. The number of hydrogen-bond donors (Lipinski definition) is 2. The third-order valence-corrected chi connectivity index (χ3v) is 4.15. The van der Waals surface area contributed by atoms with Gasteiger partial charge in [-0.2, -0.15) is 0 Å². The highest BCUT2D eigenvalue weighted by molar-refractivity contribution is 7.89. The Morgan fingerprint density at radius 2 is 2.05 bits per heavy atom. The summed E-state index contributed by atoms with van der Waals surface area (Å²) < 4.78 is 34.8. The molecule has 1 aromatic carbocycles. The van der Waals surface area contributed by atoms with Crippen molar-refractivity contribution in [2.75, 3.05) is 39.1 Å². The molecular weight excluding hydrogens is 270 g/mol. The molecule has 0 aliphatic carbocycles. The minimum absolute atomic E-state index is 0.0655. The van der Waals surface area contributed by atoms with Crippen LogP contribution < -0.4 is 15.3 Å². The maximum atomic E-state index is 12.3. The lowest BCUT2D eigenvalue weighted by Crippen LogP contribution is -2.48. The number of hydrogen-bond acceptors (Lipinski definition) is 6. The maximum Gasteiger partial charge on any atom is 0.257 e. The van der Waals surface area contributed by atoms with Gasteiger partial charge in [-0.1, -0.05) is 0 Å². The number of nitrogens with one attached hydrogen (secondary N) is 1. The van der Waals surface area contributed by atoms with Crippen LogP contribution in [0.2, 0.25) is 0 Å². The largest absolute Gasteiger partial charge is 0.495 e. The van der Waals surface area contributed by atoms with E-state index in [-0.39, 0.29) is 10.6 Å². The molecule has 1 aliphatic heterocycles. The first-order valence-corrected chi connectivity index (χ1v) is 7.30. The summed E-state index contributed by atoms with van der Waals surface area (Å²) in [5, 5.41) is 1.61. The first-order chi connectivity index (χ1) is 9.03. The molecule has 8 heteroatoms. The van der Waals surface area contributed by atoms with E-state index in [0.717, 1.165) is 0 Å². The Labute approximate surface area is 112 Å². The minimum Gasteiger partial charge on any atom is -0.495 e. The molecule has 1 fully saturated rings. The molecule has 3 N–H and O–H groups in total. The van der Waals surface area contributed by atoms with E-state index in [1.54, 1.807) is 5.01 Å². The molecule has 0 bridgehead atoms. The van der Waals surface area contributed by atoms with E-state index < -0.39 is 10.0 Å². The monoisotopic (exact) mass is 287 g/mol. The molecule has 1 heterocycles. The fraction of sp³-hybridized carbons (Fsp3) is 0.455. The van der Waals surface area contributed by atoms with Crippen LogP contribution in [0.4, 0.5) is 5.69 Å². The van der Waals surface area contributed by atoms with Crippen molar-refractivity contribution in [2.45, 2.75) is 4.90 Å². The van der Waals surface area contributed by atoms with E-state index in [1.165, 1.54) is 25.3 Å². The second-order valence-corrected chi connectivity index (χ2v) is 5.73. The number of hydrazine groups is 1. The highest BCUT2D eigenvalue weighted by Gasteiger charge is 2.23. The maximum absolute atomic E-state index is 12.3. The van der Waals surface area contributed by atoms with Crippen LogP contribution in [0.5, 0.6) is 5.75 Å². The van der Waals surface area contributed by atoms with Gasteiger partial charge in [-0.25, -0.2) is 13.4 Å². The van der Waals surface area contributed by atoms with E-state index in [0.29, 0.717) is 32.0 Å². The highest BCUT2D eigenvalue weighted by atomic mass is 32.2. The van der Waals surface area contributed by atoms with Crippen LogP contribution in [0.3, 0.4) is 0 Å². The summed E-state index contributed by atoms with van der Waals surface area (Å²) in [6, 6.07) is 4.43. The molecule has 0 saturated carbocycles. The van der Waals surface area contributed by atoms with Gasteiger partial charge in [0.2, 0.25) is 0 Å². The molecule has 0 unspecified atom stereocenters. The summed E-state index contributed by atoms with van der Waals surface area (Å²) in [4.78, 5) is 2.58. The molecule has 0 radical (unpaired) electrons. The van der Waals surface area contributed by atoms with Crippen LogP contribution in [0.15, 0.2) is 23.1 Å². The minimum atomic E-state index is -3.68. The molecule has 1 aliphatic rings. The molecule has 0 amide bonds. The van der Waals surface area contributed by atoms with Gasteiger partial charge in [-0.15, -0.1) is 4.83 Å². The Balaban J connectivity index is 2.23. The zero-order chi connectivity index (χ0) is 13.9. The number of rotatable bonds is 4. The Kier molecular flexibility index (Phi) is 4.25. The molecule has 106 valence electrons. The van der Waals surface area contributed by atoms with E-state index >= 15 is 0 Å². The number of anilines is 1. The predicted octanol–water partition coefficient (Wildman–Crippen LogP) is -0.197. The number of benzene rings is 1. The van der Waals surface area contributed by atoms with Gasteiger partial charge in [-0.05, 0) is 12.1 Å².